The Balaban J connectivity index is 3.16. The number of nitrogens with one attached hydrogen (secondary N) is 1. The Morgan fingerprint density at radius 2 is 2.38 bits per heavy atom. The van der Waals surface area contributed by atoms with Crippen molar-refractivity contribution in [2.75, 3.05) is 17.9 Å². The van der Waals surface area contributed by atoms with Gasteiger partial charge in [-0.3, -0.25) is 4.31 Å². The monoisotopic (exact) mass is 306 g/mol. The number of nitrogens with zero attached hydrogens (tertiary/aromatic N) is 1. The van der Waals surface area contributed by atoms with Crippen LogP contribution in [0.5, 0.6) is 5.75 Å². The second-order valence-electron chi connectivity index (χ2n) is 2.87. The number of phenols is 1. The molecule has 0 aromatic heterocycles. The molecule has 0 radical (unpaired) electrons. The molecule has 0 atom stereocenters. The van der Waals surface area contributed by atoms with Gasteiger partial charge in [-0.1, -0.05) is 6.08 Å². The predicted octanol–water partition coefficient (Wildman–Crippen LogP) is 3.07. The van der Waals surface area contributed by atoms with Crippen molar-refractivity contribution in [3.63, 3.8) is 0 Å². The van der Waals surface area contributed by atoms with E-state index >= 15 is 0 Å². The van der Waals surface area contributed by atoms with Gasteiger partial charge in [0, 0.05) is 18.7 Å². The molecule has 2 N–H and O–H groups in total. The van der Waals surface area contributed by atoms with Crippen molar-refractivity contribution in [3.8, 4) is 5.75 Å². The molecule has 1 aromatic rings. The number of anilines is 1. The molecule has 0 bridgehead atoms. The molecule has 0 amide bonds. The second kappa shape index (κ2) is 6.12. The van der Waals surface area contributed by atoms with Gasteiger partial charge in [0.15, 0.2) is 5.82 Å². The quantitative estimate of drug-likeness (QED) is 0.647. The molecule has 0 unspecified atom stereocenters. The van der Waals surface area contributed by atoms with E-state index in [9.17, 15) is 9.50 Å². The Labute approximate surface area is 107 Å². The second-order valence-corrected chi connectivity index (χ2v) is 4.76. The first kappa shape index (κ1) is 13.3. The number of rotatable bonds is 5. The Hall–Kier alpha value is -0.720. The van der Waals surface area contributed by atoms with Crippen LogP contribution in [-0.4, -0.2) is 18.7 Å². The van der Waals surface area contributed by atoms with Crippen molar-refractivity contribution in [1.82, 2.24) is 4.72 Å². The summed E-state index contributed by atoms with van der Waals surface area (Å²) in [6.45, 7) is 4.00. The fourth-order valence-electron chi connectivity index (χ4n) is 1.17. The highest BCUT2D eigenvalue weighted by Crippen LogP contribution is 2.36. The smallest absolute Gasteiger partial charge is 0.165 e. The summed E-state index contributed by atoms with van der Waals surface area (Å²) in [6, 6.07) is 2.90. The van der Waals surface area contributed by atoms with Crippen LogP contribution in [0.3, 0.4) is 0 Å². The normalized spacial score (nSPS) is 10.2. The van der Waals surface area contributed by atoms with E-state index < -0.39 is 5.82 Å². The Kier molecular flexibility index (Phi) is 5.11. The molecular formula is C10H12BrFN2OS. The summed E-state index contributed by atoms with van der Waals surface area (Å²) in [7, 11) is 1.72. The summed E-state index contributed by atoms with van der Waals surface area (Å²) >= 11 is 4.26. The van der Waals surface area contributed by atoms with Gasteiger partial charge >= 0.3 is 0 Å². The Bertz CT molecular complexity index is 389. The zero-order valence-corrected chi connectivity index (χ0v) is 11.1. The Morgan fingerprint density at radius 1 is 1.69 bits per heavy atom. The van der Waals surface area contributed by atoms with Crippen LogP contribution in [0.15, 0.2) is 29.3 Å². The van der Waals surface area contributed by atoms with Crippen LogP contribution in [0.25, 0.3) is 0 Å². The lowest BCUT2D eigenvalue weighted by molar-refractivity contribution is 0.470. The molecule has 1 rings (SSSR count). The third-order valence-corrected chi connectivity index (χ3v) is 3.14. The first-order valence-electron chi connectivity index (χ1n) is 4.51. The summed E-state index contributed by atoms with van der Waals surface area (Å²) in [6.07, 6.45) is 1.63. The van der Waals surface area contributed by atoms with Gasteiger partial charge in [-0.05, 0) is 35.1 Å². The fraction of sp³-hybridized carbons (Fsp3) is 0.200. The molecule has 1 aromatic carbocycles. The summed E-state index contributed by atoms with van der Waals surface area (Å²) in [5, 5.41) is 9.66. The van der Waals surface area contributed by atoms with Gasteiger partial charge in [0.05, 0.1) is 4.47 Å². The molecule has 0 saturated heterocycles. The maximum atomic E-state index is 13.8. The van der Waals surface area contributed by atoms with Crippen LogP contribution in [0.1, 0.15) is 0 Å². The van der Waals surface area contributed by atoms with Crippen LogP contribution in [0.4, 0.5) is 10.1 Å². The van der Waals surface area contributed by atoms with Gasteiger partial charge < -0.3 is 5.11 Å². The van der Waals surface area contributed by atoms with Gasteiger partial charge in [-0.25, -0.2) is 9.11 Å². The zero-order chi connectivity index (χ0) is 12.1. The number of hydrogen-bond donors (Lipinski definition) is 2. The topological polar surface area (TPSA) is 35.5 Å². The highest BCUT2D eigenvalue weighted by Gasteiger charge is 2.18. The average Bonchev–Trinajstić information content (AvgIpc) is 2.25. The van der Waals surface area contributed by atoms with E-state index in [0.29, 0.717) is 11.0 Å². The van der Waals surface area contributed by atoms with E-state index in [1.165, 1.54) is 24.3 Å². The van der Waals surface area contributed by atoms with Crippen molar-refractivity contribution in [3.05, 3.63) is 35.1 Å². The summed E-state index contributed by atoms with van der Waals surface area (Å²) in [4.78, 5) is 0. The van der Waals surface area contributed by atoms with Crippen molar-refractivity contribution < 1.29 is 9.50 Å². The van der Waals surface area contributed by atoms with Gasteiger partial charge in [0.25, 0.3) is 0 Å². The predicted molar refractivity (Wildman–Crippen MR) is 70.0 cm³/mol. The standard InChI is InChI=1S/C10H12BrFN2OS/c1-3-6-14(16-13-2)10-8(15)5-4-7(11)9(10)12/h3-5,13,15H,1,6H2,2H3. The van der Waals surface area contributed by atoms with Crippen molar-refractivity contribution in [2.45, 2.75) is 0 Å². The van der Waals surface area contributed by atoms with Crippen LogP contribution in [0, 0.1) is 5.82 Å². The van der Waals surface area contributed by atoms with Crippen molar-refractivity contribution in [2.24, 2.45) is 0 Å². The number of phenolic OH excluding ortho intramolecular Hbond substituents is 1. The molecule has 3 nitrogen and oxygen atoms in total. The number of hydrogen-bond acceptors (Lipinski definition) is 4. The fourth-order valence-corrected chi connectivity index (χ4v) is 2.15. The Morgan fingerprint density at radius 3 is 2.94 bits per heavy atom. The number of benzene rings is 1. The minimum atomic E-state index is -0.496. The van der Waals surface area contributed by atoms with E-state index in [1.54, 1.807) is 17.4 Å². The first-order chi connectivity index (χ1) is 7.61. The third-order valence-electron chi connectivity index (χ3n) is 1.79. The zero-order valence-electron chi connectivity index (χ0n) is 8.70. The minimum absolute atomic E-state index is 0.106. The molecule has 0 aliphatic rings. The van der Waals surface area contributed by atoms with E-state index in [0.717, 1.165) is 0 Å². The molecule has 6 heteroatoms. The van der Waals surface area contributed by atoms with Crippen LogP contribution >= 0.6 is 28.1 Å². The van der Waals surface area contributed by atoms with Gasteiger partial charge in [-0.15, -0.1) is 6.58 Å². The molecule has 16 heavy (non-hydrogen) atoms. The molecular weight excluding hydrogens is 295 g/mol. The maximum absolute atomic E-state index is 13.8. The lowest BCUT2D eigenvalue weighted by atomic mass is 10.3. The SMILES string of the molecule is C=CCN(SNC)c1c(O)ccc(Br)c1F. The van der Waals surface area contributed by atoms with Crippen molar-refractivity contribution in [1.29, 1.82) is 0 Å². The number of halogens is 2. The lowest BCUT2D eigenvalue weighted by Gasteiger charge is -2.22. The molecule has 0 aliphatic heterocycles. The molecule has 0 spiro atoms. The largest absolute Gasteiger partial charge is 0.506 e. The molecule has 0 heterocycles. The maximum Gasteiger partial charge on any atom is 0.165 e. The first-order valence-corrected chi connectivity index (χ1v) is 6.07. The summed E-state index contributed by atoms with van der Waals surface area (Å²) < 4.78 is 18.5. The van der Waals surface area contributed by atoms with Crippen LogP contribution in [0.2, 0.25) is 0 Å². The van der Waals surface area contributed by atoms with Crippen LogP contribution < -0.4 is 9.03 Å². The van der Waals surface area contributed by atoms with E-state index in [-0.39, 0.29) is 11.4 Å². The summed E-state index contributed by atoms with van der Waals surface area (Å²) in [5.74, 6) is -0.602. The highest BCUT2D eigenvalue weighted by molar-refractivity contribution is 9.10. The van der Waals surface area contributed by atoms with E-state index in [1.807, 2.05) is 0 Å². The van der Waals surface area contributed by atoms with Crippen LogP contribution in [-0.2, 0) is 0 Å². The van der Waals surface area contributed by atoms with E-state index in [4.69, 9.17) is 0 Å². The average molecular weight is 307 g/mol. The van der Waals surface area contributed by atoms with Gasteiger partial charge in [-0.2, -0.15) is 0 Å². The molecule has 88 valence electrons. The van der Waals surface area contributed by atoms with E-state index in [2.05, 4.69) is 27.2 Å². The van der Waals surface area contributed by atoms with Gasteiger partial charge in [0.1, 0.15) is 11.4 Å². The summed E-state index contributed by atoms with van der Waals surface area (Å²) in [5.41, 5.74) is 0.133. The molecule has 0 fully saturated rings. The van der Waals surface area contributed by atoms with Gasteiger partial charge in [0.2, 0.25) is 0 Å². The highest BCUT2D eigenvalue weighted by atomic mass is 79.9. The molecule has 0 saturated carbocycles. The third kappa shape index (κ3) is 2.90. The molecule has 0 aliphatic carbocycles. The lowest BCUT2D eigenvalue weighted by Crippen LogP contribution is -2.20. The van der Waals surface area contributed by atoms with Crippen molar-refractivity contribution >= 4 is 33.8 Å². The minimum Gasteiger partial charge on any atom is -0.506 e. The number of aromatic hydroxyl groups is 1.